The molecule has 1 heterocycles. The van der Waals surface area contributed by atoms with Crippen LogP contribution in [0.25, 0.3) is 0 Å². The Morgan fingerprint density at radius 2 is 2.25 bits per heavy atom. The predicted octanol–water partition coefficient (Wildman–Crippen LogP) is 1.79. The molecule has 2 rings (SSSR count). The maximum atomic E-state index is 13.5. The summed E-state index contributed by atoms with van der Waals surface area (Å²) >= 11 is 0. The molecular formula is C13H19FN2. The summed E-state index contributed by atoms with van der Waals surface area (Å²) in [4.78, 5) is 2.34. The first-order valence-corrected chi connectivity index (χ1v) is 5.90. The minimum Gasteiger partial charge on any atom is -0.326 e. The van der Waals surface area contributed by atoms with Crippen LogP contribution in [0.2, 0.25) is 0 Å². The monoisotopic (exact) mass is 222 g/mol. The summed E-state index contributed by atoms with van der Waals surface area (Å²) in [6, 6.07) is 7.67. The van der Waals surface area contributed by atoms with E-state index in [0.29, 0.717) is 12.1 Å². The fourth-order valence-electron chi connectivity index (χ4n) is 2.33. The third kappa shape index (κ3) is 2.60. The minimum atomic E-state index is -0.0992. The van der Waals surface area contributed by atoms with Crippen LogP contribution in [0.3, 0.4) is 0 Å². The Bertz CT molecular complexity index is 354. The number of hydrogen-bond acceptors (Lipinski definition) is 2. The van der Waals surface area contributed by atoms with E-state index < -0.39 is 0 Å². The van der Waals surface area contributed by atoms with Gasteiger partial charge in [0, 0.05) is 25.2 Å². The smallest absolute Gasteiger partial charge is 0.126 e. The minimum absolute atomic E-state index is 0.0992. The highest BCUT2D eigenvalue weighted by Crippen LogP contribution is 2.16. The number of hydrogen-bond donors (Lipinski definition) is 1. The SMILES string of the molecule is CC(Cc1ccccc1F)N1CCC(N)C1. The van der Waals surface area contributed by atoms with E-state index in [2.05, 4.69) is 11.8 Å². The van der Waals surface area contributed by atoms with Crippen LogP contribution in [0, 0.1) is 5.82 Å². The first kappa shape index (κ1) is 11.6. The van der Waals surface area contributed by atoms with E-state index >= 15 is 0 Å². The topological polar surface area (TPSA) is 29.3 Å². The average molecular weight is 222 g/mol. The molecule has 1 aromatic rings. The van der Waals surface area contributed by atoms with Crippen molar-refractivity contribution in [2.45, 2.75) is 31.8 Å². The summed E-state index contributed by atoms with van der Waals surface area (Å²) < 4.78 is 13.5. The zero-order chi connectivity index (χ0) is 11.5. The van der Waals surface area contributed by atoms with Gasteiger partial charge in [0.1, 0.15) is 5.82 Å². The number of benzene rings is 1. The summed E-state index contributed by atoms with van der Waals surface area (Å²) in [5.41, 5.74) is 6.67. The van der Waals surface area contributed by atoms with Gasteiger partial charge in [0.15, 0.2) is 0 Å². The average Bonchev–Trinajstić information content (AvgIpc) is 2.68. The highest BCUT2D eigenvalue weighted by Gasteiger charge is 2.23. The number of rotatable bonds is 3. The molecule has 0 aliphatic carbocycles. The van der Waals surface area contributed by atoms with Crippen LogP contribution >= 0.6 is 0 Å². The highest BCUT2D eigenvalue weighted by atomic mass is 19.1. The van der Waals surface area contributed by atoms with Crippen molar-refractivity contribution in [3.05, 3.63) is 35.6 Å². The normalized spacial score (nSPS) is 23.6. The van der Waals surface area contributed by atoms with E-state index in [0.717, 1.165) is 31.5 Å². The maximum absolute atomic E-state index is 13.5. The van der Waals surface area contributed by atoms with Gasteiger partial charge in [-0.25, -0.2) is 4.39 Å². The third-order valence-electron chi connectivity index (χ3n) is 3.35. The molecule has 1 aliphatic rings. The van der Waals surface area contributed by atoms with E-state index in [1.807, 2.05) is 12.1 Å². The molecule has 1 saturated heterocycles. The lowest BCUT2D eigenvalue weighted by Gasteiger charge is -2.24. The molecule has 0 amide bonds. The van der Waals surface area contributed by atoms with Crippen molar-refractivity contribution in [3.63, 3.8) is 0 Å². The summed E-state index contributed by atoms with van der Waals surface area (Å²) in [6.45, 7) is 4.12. The van der Waals surface area contributed by atoms with Gasteiger partial charge in [0.2, 0.25) is 0 Å². The predicted molar refractivity (Wildman–Crippen MR) is 63.7 cm³/mol. The van der Waals surface area contributed by atoms with Crippen molar-refractivity contribution in [3.8, 4) is 0 Å². The van der Waals surface area contributed by atoms with Crippen LogP contribution in [0.5, 0.6) is 0 Å². The molecule has 1 aliphatic heterocycles. The van der Waals surface area contributed by atoms with Gasteiger partial charge in [-0.15, -0.1) is 0 Å². The molecule has 1 aromatic carbocycles. The molecule has 2 unspecified atom stereocenters. The number of nitrogens with two attached hydrogens (primary N) is 1. The Labute approximate surface area is 96.2 Å². The fraction of sp³-hybridized carbons (Fsp3) is 0.538. The molecule has 0 spiro atoms. The Morgan fingerprint density at radius 3 is 2.88 bits per heavy atom. The quantitative estimate of drug-likeness (QED) is 0.845. The van der Waals surface area contributed by atoms with E-state index in [-0.39, 0.29) is 5.82 Å². The molecule has 2 N–H and O–H groups in total. The Balaban J connectivity index is 1.97. The van der Waals surface area contributed by atoms with Gasteiger partial charge in [-0.2, -0.15) is 0 Å². The molecule has 3 heteroatoms. The molecule has 16 heavy (non-hydrogen) atoms. The summed E-state index contributed by atoms with van der Waals surface area (Å²) in [7, 11) is 0. The van der Waals surface area contributed by atoms with Gasteiger partial charge < -0.3 is 5.73 Å². The number of nitrogens with zero attached hydrogens (tertiary/aromatic N) is 1. The molecule has 0 bridgehead atoms. The lowest BCUT2D eigenvalue weighted by molar-refractivity contribution is 0.253. The van der Waals surface area contributed by atoms with E-state index in [1.165, 1.54) is 6.07 Å². The number of halogens is 1. The highest BCUT2D eigenvalue weighted by molar-refractivity contribution is 5.18. The van der Waals surface area contributed by atoms with E-state index in [9.17, 15) is 4.39 Å². The van der Waals surface area contributed by atoms with Gasteiger partial charge >= 0.3 is 0 Å². The van der Waals surface area contributed by atoms with Gasteiger partial charge in [0.25, 0.3) is 0 Å². The maximum Gasteiger partial charge on any atom is 0.126 e. The second-order valence-corrected chi connectivity index (χ2v) is 4.69. The Morgan fingerprint density at radius 1 is 1.50 bits per heavy atom. The van der Waals surface area contributed by atoms with Gasteiger partial charge in [-0.3, -0.25) is 4.90 Å². The van der Waals surface area contributed by atoms with Crippen molar-refractivity contribution in [2.24, 2.45) is 5.73 Å². The van der Waals surface area contributed by atoms with Crippen LogP contribution in [-0.2, 0) is 6.42 Å². The summed E-state index contributed by atoms with van der Waals surface area (Å²) in [5, 5.41) is 0. The molecule has 2 atom stereocenters. The summed E-state index contributed by atoms with van der Waals surface area (Å²) in [5.74, 6) is -0.0992. The standard InChI is InChI=1S/C13H19FN2/c1-10(16-7-6-12(15)9-16)8-11-4-2-3-5-13(11)14/h2-5,10,12H,6-9,15H2,1H3. The van der Waals surface area contributed by atoms with E-state index in [1.54, 1.807) is 6.07 Å². The summed E-state index contributed by atoms with van der Waals surface area (Å²) in [6.07, 6.45) is 1.82. The van der Waals surface area contributed by atoms with E-state index in [4.69, 9.17) is 5.73 Å². The first-order chi connectivity index (χ1) is 7.66. The third-order valence-corrected chi connectivity index (χ3v) is 3.35. The van der Waals surface area contributed by atoms with Crippen LogP contribution < -0.4 is 5.73 Å². The van der Waals surface area contributed by atoms with Crippen molar-refractivity contribution in [2.75, 3.05) is 13.1 Å². The van der Waals surface area contributed by atoms with Crippen LogP contribution in [0.1, 0.15) is 18.9 Å². The molecule has 0 aromatic heterocycles. The lowest BCUT2D eigenvalue weighted by atomic mass is 10.1. The van der Waals surface area contributed by atoms with Crippen LogP contribution in [0.4, 0.5) is 4.39 Å². The fourth-order valence-corrected chi connectivity index (χ4v) is 2.33. The van der Waals surface area contributed by atoms with Gasteiger partial charge in [0.05, 0.1) is 0 Å². The van der Waals surface area contributed by atoms with Crippen molar-refractivity contribution in [1.82, 2.24) is 4.90 Å². The second kappa shape index (κ2) is 4.93. The lowest BCUT2D eigenvalue weighted by Crippen LogP contribution is -2.35. The molecule has 0 radical (unpaired) electrons. The second-order valence-electron chi connectivity index (χ2n) is 4.69. The van der Waals surface area contributed by atoms with Gasteiger partial charge in [-0.1, -0.05) is 18.2 Å². The van der Waals surface area contributed by atoms with Crippen LogP contribution in [0.15, 0.2) is 24.3 Å². The largest absolute Gasteiger partial charge is 0.326 e. The molecule has 2 nitrogen and oxygen atoms in total. The van der Waals surface area contributed by atoms with Crippen molar-refractivity contribution < 1.29 is 4.39 Å². The molecule has 1 fully saturated rings. The first-order valence-electron chi connectivity index (χ1n) is 5.90. The number of likely N-dealkylation sites (tertiary alicyclic amines) is 1. The Kier molecular flexibility index (Phi) is 3.56. The molecular weight excluding hydrogens is 203 g/mol. The van der Waals surface area contributed by atoms with Crippen molar-refractivity contribution >= 4 is 0 Å². The van der Waals surface area contributed by atoms with Crippen LogP contribution in [-0.4, -0.2) is 30.1 Å². The molecule has 0 saturated carbocycles. The molecule has 88 valence electrons. The Hall–Kier alpha value is -0.930. The van der Waals surface area contributed by atoms with Crippen molar-refractivity contribution in [1.29, 1.82) is 0 Å². The zero-order valence-electron chi connectivity index (χ0n) is 9.70. The zero-order valence-corrected chi connectivity index (χ0v) is 9.70. The van der Waals surface area contributed by atoms with Gasteiger partial charge in [-0.05, 0) is 31.4 Å².